The fourth-order valence-electron chi connectivity index (χ4n) is 1.52. The summed E-state index contributed by atoms with van der Waals surface area (Å²) in [5.74, 6) is 0.558. The summed E-state index contributed by atoms with van der Waals surface area (Å²) in [7, 11) is 0. The van der Waals surface area contributed by atoms with Crippen LogP contribution in [0.2, 0.25) is 0 Å². The van der Waals surface area contributed by atoms with Gasteiger partial charge in [0.25, 0.3) is 0 Å². The highest BCUT2D eigenvalue weighted by molar-refractivity contribution is 9.10. The summed E-state index contributed by atoms with van der Waals surface area (Å²) < 4.78 is 20.2. The Morgan fingerprint density at radius 2 is 1.89 bits per heavy atom. The average molecular weight is 374 g/mol. The fraction of sp³-hybridized carbons (Fsp3) is 0.143. The summed E-state index contributed by atoms with van der Waals surface area (Å²) in [5.41, 5.74) is 1.99. The van der Waals surface area contributed by atoms with Crippen molar-refractivity contribution < 1.29 is 9.13 Å². The van der Waals surface area contributed by atoms with Crippen molar-refractivity contribution in [1.29, 1.82) is 0 Å². The van der Waals surface area contributed by atoms with Crippen molar-refractivity contribution in [2.75, 3.05) is 0 Å². The van der Waals surface area contributed by atoms with Gasteiger partial charge in [-0.3, -0.25) is 0 Å². The minimum absolute atomic E-state index is 0.266. The lowest BCUT2D eigenvalue weighted by Gasteiger charge is -2.10. The second-order valence-corrected chi connectivity index (χ2v) is 5.72. The quantitative estimate of drug-likeness (QED) is 0.714. The van der Waals surface area contributed by atoms with Gasteiger partial charge in [0.2, 0.25) is 0 Å². The van der Waals surface area contributed by atoms with Crippen LogP contribution >= 0.6 is 31.9 Å². The molecule has 0 unspecified atom stereocenters. The van der Waals surface area contributed by atoms with Crippen LogP contribution in [0.3, 0.4) is 0 Å². The summed E-state index contributed by atoms with van der Waals surface area (Å²) in [6, 6.07) is 10.7. The second-order valence-electron chi connectivity index (χ2n) is 3.95. The standard InChI is InChI=1S/C14H11Br2FO/c1-9-2-4-11(15)7-14(9)18-8-10-3-5-13(17)12(16)6-10/h2-7H,8H2,1H3. The minimum Gasteiger partial charge on any atom is -0.489 e. The third-order valence-electron chi connectivity index (χ3n) is 2.53. The highest BCUT2D eigenvalue weighted by atomic mass is 79.9. The molecule has 0 bridgehead atoms. The van der Waals surface area contributed by atoms with Crippen LogP contribution in [-0.4, -0.2) is 0 Å². The zero-order valence-electron chi connectivity index (χ0n) is 9.71. The zero-order chi connectivity index (χ0) is 13.1. The van der Waals surface area contributed by atoms with Crippen molar-refractivity contribution in [1.82, 2.24) is 0 Å². The molecule has 2 rings (SSSR count). The van der Waals surface area contributed by atoms with Crippen LogP contribution in [0, 0.1) is 12.7 Å². The highest BCUT2D eigenvalue weighted by Crippen LogP contribution is 2.24. The lowest BCUT2D eigenvalue weighted by atomic mass is 10.2. The van der Waals surface area contributed by atoms with E-state index < -0.39 is 0 Å². The van der Waals surface area contributed by atoms with Gasteiger partial charge in [0.1, 0.15) is 18.2 Å². The topological polar surface area (TPSA) is 9.23 Å². The van der Waals surface area contributed by atoms with E-state index in [1.807, 2.05) is 25.1 Å². The molecular formula is C14H11Br2FO. The van der Waals surface area contributed by atoms with E-state index >= 15 is 0 Å². The summed E-state index contributed by atoms with van der Waals surface area (Å²) >= 11 is 6.57. The molecule has 18 heavy (non-hydrogen) atoms. The molecule has 2 aromatic carbocycles. The third-order valence-corrected chi connectivity index (χ3v) is 3.63. The first kappa shape index (κ1) is 13.6. The molecular weight excluding hydrogens is 363 g/mol. The zero-order valence-corrected chi connectivity index (χ0v) is 12.9. The van der Waals surface area contributed by atoms with E-state index in [0.29, 0.717) is 11.1 Å². The number of hydrogen-bond donors (Lipinski definition) is 0. The normalized spacial score (nSPS) is 10.4. The molecule has 0 aliphatic heterocycles. The number of rotatable bonds is 3. The van der Waals surface area contributed by atoms with Gasteiger partial charge in [-0.25, -0.2) is 4.39 Å². The SMILES string of the molecule is Cc1ccc(Br)cc1OCc1ccc(F)c(Br)c1. The van der Waals surface area contributed by atoms with Gasteiger partial charge in [0.15, 0.2) is 0 Å². The predicted octanol–water partition coefficient (Wildman–Crippen LogP) is 5.24. The van der Waals surface area contributed by atoms with Crippen LogP contribution in [0.4, 0.5) is 4.39 Å². The molecule has 4 heteroatoms. The van der Waals surface area contributed by atoms with Crippen molar-refractivity contribution in [3.05, 3.63) is 62.3 Å². The first-order valence-corrected chi connectivity index (χ1v) is 6.98. The Balaban J connectivity index is 2.11. The molecule has 0 aliphatic carbocycles. The van der Waals surface area contributed by atoms with E-state index in [-0.39, 0.29) is 5.82 Å². The molecule has 0 fully saturated rings. The molecule has 0 atom stereocenters. The van der Waals surface area contributed by atoms with Gasteiger partial charge in [0, 0.05) is 4.47 Å². The molecule has 0 aliphatic rings. The number of benzene rings is 2. The third kappa shape index (κ3) is 3.33. The lowest BCUT2D eigenvalue weighted by Crippen LogP contribution is -1.97. The Morgan fingerprint density at radius 1 is 1.11 bits per heavy atom. The van der Waals surface area contributed by atoms with Crippen molar-refractivity contribution in [2.45, 2.75) is 13.5 Å². The summed E-state index contributed by atoms with van der Waals surface area (Å²) in [4.78, 5) is 0. The molecule has 94 valence electrons. The number of halogens is 3. The minimum atomic E-state index is -0.266. The largest absolute Gasteiger partial charge is 0.489 e. The Kier molecular flexibility index (Phi) is 4.40. The van der Waals surface area contributed by atoms with Gasteiger partial charge >= 0.3 is 0 Å². The van der Waals surface area contributed by atoms with E-state index in [9.17, 15) is 4.39 Å². The molecule has 0 heterocycles. The smallest absolute Gasteiger partial charge is 0.137 e. The van der Waals surface area contributed by atoms with Gasteiger partial charge in [-0.1, -0.05) is 28.1 Å². The lowest BCUT2D eigenvalue weighted by molar-refractivity contribution is 0.303. The highest BCUT2D eigenvalue weighted by Gasteiger charge is 2.03. The van der Waals surface area contributed by atoms with Crippen molar-refractivity contribution in [2.24, 2.45) is 0 Å². The van der Waals surface area contributed by atoms with Crippen molar-refractivity contribution in [3.63, 3.8) is 0 Å². The van der Waals surface area contributed by atoms with Gasteiger partial charge in [-0.15, -0.1) is 0 Å². The maximum atomic E-state index is 13.1. The van der Waals surface area contributed by atoms with Gasteiger partial charge < -0.3 is 4.74 Å². The van der Waals surface area contributed by atoms with E-state index in [1.165, 1.54) is 6.07 Å². The number of ether oxygens (including phenoxy) is 1. The molecule has 2 aromatic rings. The van der Waals surface area contributed by atoms with Gasteiger partial charge in [-0.05, 0) is 58.2 Å². The Bertz CT molecular complexity index is 570. The van der Waals surface area contributed by atoms with E-state index in [4.69, 9.17) is 4.74 Å². The Morgan fingerprint density at radius 3 is 2.61 bits per heavy atom. The summed E-state index contributed by atoms with van der Waals surface area (Å²) in [6.45, 7) is 2.40. The van der Waals surface area contributed by atoms with Crippen LogP contribution in [0.25, 0.3) is 0 Å². The van der Waals surface area contributed by atoms with Crippen LogP contribution in [0.15, 0.2) is 45.3 Å². The van der Waals surface area contributed by atoms with Crippen LogP contribution in [-0.2, 0) is 6.61 Å². The van der Waals surface area contributed by atoms with Gasteiger partial charge in [0.05, 0.1) is 4.47 Å². The predicted molar refractivity (Wildman–Crippen MR) is 77.3 cm³/mol. The van der Waals surface area contributed by atoms with E-state index in [2.05, 4.69) is 31.9 Å². The average Bonchev–Trinajstić information content (AvgIpc) is 2.34. The summed E-state index contributed by atoms with van der Waals surface area (Å²) in [6.07, 6.45) is 0. The Labute approximate surface area is 122 Å². The van der Waals surface area contributed by atoms with Crippen LogP contribution in [0.5, 0.6) is 5.75 Å². The maximum absolute atomic E-state index is 13.1. The van der Waals surface area contributed by atoms with Crippen molar-refractivity contribution >= 4 is 31.9 Å². The molecule has 0 amide bonds. The molecule has 0 spiro atoms. The number of hydrogen-bond acceptors (Lipinski definition) is 1. The number of aryl methyl sites for hydroxylation is 1. The molecule has 0 saturated carbocycles. The van der Waals surface area contributed by atoms with Crippen LogP contribution < -0.4 is 4.74 Å². The molecule has 0 aromatic heterocycles. The van der Waals surface area contributed by atoms with Crippen LogP contribution in [0.1, 0.15) is 11.1 Å². The van der Waals surface area contributed by atoms with Crippen molar-refractivity contribution in [3.8, 4) is 5.75 Å². The second kappa shape index (κ2) is 5.85. The molecule has 0 N–H and O–H groups in total. The van der Waals surface area contributed by atoms with Gasteiger partial charge in [-0.2, -0.15) is 0 Å². The van der Waals surface area contributed by atoms with E-state index in [1.54, 1.807) is 12.1 Å². The summed E-state index contributed by atoms with van der Waals surface area (Å²) in [5, 5.41) is 0. The molecule has 0 saturated heterocycles. The first-order valence-electron chi connectivity index (χ1n) is 5.39. The monoisotopic (exact) mass is 372 g/mol. The molecule has 1 nitrogen and oxygen atoms in total. The molecule has 0 radical (unpaired) electrons. The van der Waals surface area contributed by atoms with E-state index in [0.717, 1.165) is 21.3 Å². The Hall–Kier alpha value is -0.870. The maximum Gasteiger partial charge on any atom is 0.137 e. The first-order chi connectivity index (χ1) is 8.56. The fourth-order valence-corrected chi connectivity index (χ4v) is 2.29.